The summed E-state index contributed by atoms with van der Waals surface area (Å²) in [5.74, 6) is 1.12. The first-order chi connectivity index (χ1) is 23.5. The quantitative estimate of drug-likeness (QED) is 0.0451. The molecule has 4 N–H and O–H groups in total. The van der Waals surface area contributed by atoms with Gasteiger partial charge in [0, 0.05) is 39.7 Å². The number of unbranched alkanes of at least 4 members (excludes halogenated alkanes) is 8. The number of allylic oxidation sites excluding steroid dienone is 1. The highest BCUT2D eigenvalue weighted by molar-refractivity contribution is 5.93. The maximum atomic E-state index is 13.7. The van der Waals surface area contributed by atoms with Crippen molar-refractivity contribution in [3.63, 3.8) is 0 Å². The third-order valence-corrected chi connectivity index (χ3v) is 8.15. The molecule has 0 bridgehead atoms. The van der Waals surface area contributed by atoms with E-state index in [1.165, 1.54) is 32.4 Å². The van der Waals surface area contributed by atoms with Gasteiger partial charge < -0.3 is 30.3 Å². The second kappa shape index (κ2) is 24.9. The van der Waals surface area contributed by atoms with Gasteiger partial charge in [-0.15, -0.1) is 5.92 Å². The Hall–Kier alpha value is -4.17. The molecule has 0 aromatic heterocycles. The summed E-state index contributed by atoms with van der Waals surface area (Å²) in [4.78, 5) is 62.3. The van der Waals surface area contributed by atoms with Crippen molar-refractivity contribution < 1.29 is 43.7 Å². The molecule has 0 aliphatic carbocycles. The van der Waals surface area contributed by atoms with Crippen LogP contribution in [-0.2, 0) is 35.1 Å². The number of carbonyl (C=O) groups is 5. The lowest BCUT2D eigenvalue weighted by molar-refractivity contribution is -0.170. The summed E-state index contributed by atoms with van der Waals surface area (Å²) in [5.41, 5.74) is -1.92. The van der Waals surface area contributed by atoms with Gasteiger partial charge in [0.05, 0.1) is 12.5 Å². The molecule has 1 rings (SSSR count). The fraction of sp³-hybridized carbons (Fsp3) is 0.605. The fourth-order valence-electron chi connectivity index (χ4n) is 5.22. The predicted octanol–water partition coefficient (Wildman–Crippen LogP) is 5.07. The number of nitrogens with one attached hydrogen (secondary N) is 2. The zero-order chi connectivity index (χ0) is 36.5. The Morgan fingerprint density at radius 1 is 0.939 bits per heavy atom. The minimum atomic E-state index is -2.62. The lowest BCUT2D eigenvalue weighted by Crippen LogP contribution is -2.56. The number of hydrogen-bond acceptors (Lipinski definition) is 8. The molecule has 1 aromatic carbocycles. The molecule has 3 atom stereocenters. The molecule has 0 aliphatic heterocycles. The van der Waals surface area contributed by atoms with Crippen LogP contribution in [0.25, 0.3) is 0 Å². The largest absolute Gasteiger partial charge is 0.481 e. The van der Waals surface area contributed by atoms with E-state index >= 15 is 0 Å². The molecule has 2 amide bonds. The van der Waals surface area contributed by atoms with E-state index in [1.807, 2.05) is 0 Å². The number of carboxylic acids is 1. The Morgan fingerprint density at radius 2 is 1.57 bits per heavy atom. The van der Waals surface area contributed by atoms with E-state index in [0.29, 0.717) is 36.4 Å². The number of hydrogen-bond donors (Lipinski definition) is 4. The SMILES string of the molecule is CC#CCOc1ccc(C[C@H](NC(=O)[C@@H](C=CCCCCCCC(=O)CCCCCCC)[C@@](O)(CCOC(C)=O)C(=O)O)C(=O)NC)cc1. The Labute approximate surface area is 291 Å². The van der Waals surface area contributed by atoms with Gasteiger partial charge in [0.25, 0.3) is 0 Å². The molecule has 0 heterocycles. The lowest BCUT2D eigenvalue weighted by atomic mass is 9.83. The number of amides is 2. The van der Waals surface area contributed by atoms with E-state index < -0.39 is 54.3 Å². The van der Waals surface area contributed by atoms with Crippen LogP contribution in [0.2, 0.25) is 0 Å². The van der Waals surface area contributed by atoms with Crippen molar-refractivity contribution in [3.05, 3.63) is 42.0 Å². The average Bonchev–Trinajstić information content (AvgIpc) is 3.07. The van der Waals surface area contributed by atoms with Crippen LogP contribution >= 0.6 is 0 Å². The number of likely N-dealkylation sites (N-methyl/N-ethyl adjacent to an activating group) is 1. The molecular formula is C38H56N2O9. The van der Waals surface area contributed by atoms with Crippen LogP contribution in [0.5, 0.6) is 5.75 Å². The molecule has 49 heavy (non-hydrogen) atoms. The highest BCUT2D eigenvalue weighted by atomic mass is 16.5. The van der Waals surface area contributed by atoms with Crippen LogP contribution in [0.4, 0.5) is 0 Å². The van der Waals surface area contributed by atoms with Gasteiger partial charge in [0.2, 0.25) is 11.8 Å². The third kappa shape index (κ3) is 17.7. The van der Waals surface area contributed by atoms with E-state index in [4.69, 9.17) is 9.47 Å². The first-order valence-corrected chi connectivity index (χ1v) is 17.4. The number of carbonyl (C=O) groups excluding carboxylic acids is 4. The van der Waals surface area contributed by atoms with Crippen molar-refractivity contribution in [2.75, 3.05) is 20.3 Å². The minimum absolute atomic E-state index is 0.0806. The molecule has 0 saturated carbocycles. The number of rotatable bonds is 26. The first kappa shape index (κ1) is 42.9. The van der Waals surface area contributed by atoms with Gasteiger partial charge in [0.1, 0.15) is 24.2 Å². The molecule has 0 unspecified atom stereocenters. The molecule has 0 spiro atoms. The van der Waals surface area contributed by atoms with Gasteiger partial charge in [0.15, 0.2) is 5.60 Å². The summed E-state index contributed by atoms with van der Waals surface area (Å²) < 4.78 is 10.4. The van der Waals surface area contributed by atoms with Gasteiger partial charge >= 0.3 is 11.9 Å². The van der Waals surface area contributed by atoms with Gasteiger partial charge in [-0.05, 0) is 50.3 Å². The van der Waals surface area contributed by atoms with Crippen LogP contribution in [0.3, 0.4) is 0 Å². The highest BCUT2D eigenvalue weighted by Gasteiger charge is 2.47. The number of ketones is 1. The third-order valence-electron chi connectivity index (χ3n) is 8.15. The normalized spacial score (nSPS) is 13.3. The lowest BCUT2D eigenvalue weighted by Gasteiger charge is -2.31. The number of ether oxygens (including phenoxy) is 2. The number of carboxylic acid groups (broad SMARTS) is 1. The van der Waals surface area contributed by atoms with Crippen LogP contribution in [0, 0.1) is 17.8 Å². The molecule has 0 aliphatic rings. The topological polar surface area (TPSA) is 168 Å². The zero-order valence-corrected chi connectivity index (χ0v) is 29.7. The van der Waals surface area contributed by atoms with Crippen molar-refractivity contribution in [3.8, 4) is 17.6 Å². The summed E-state index contributed by atoms with van der Waals surface area (Å²) in [5, 5.41) is 26.5. The van der Waals surface area contributed by atoms with E-state index in [0.717, 1.165) is 45.4 Å². The number of aliphatic carboxylic acids is 1. The van der Waals surface area contributed by atoms with Gasteiger partial charge in [-0.2, -0.15) is 0 Å². The summed E-state index contributed by atoms with van der Waals surface area (Å²) in [6.45, 7) is 4.83. The summed E-state index contributed by atoms with van der Waals surface area (Å²) >= 11 is 0. The summed E-state index contributed by atoms with van der Waals surface area (Å²) in [6, 6.07) is 5.83. The molecule has 0 saturated heterocycles. The van der Waals surface area contributed by atoms with Crippen LogP contribution in [0.1, 0.15) is 110 Å². The van der Waals surface area contributed by atoms with Crippen molar-refractivity contribution >= 4 is 29.5 Å². The van der Waals surface area contributed by atoms with E-state index in [-0.39, 0.29) is 13.0 Å². The second-order valence-corrected chi connectivity index (χ2v) is 12.1. The van der Waals surface area contributed by atoms with Crippen LogP contribution in [-0.4, -0.2) is 71.7 Å². The van der Waals surface area contributed by atoms with Crippen molar-refractivity contribution in [1.82, 2.24) is 10.6 Å². The summed E-state index contributed by atoms with van der Waals surface area (Å²) in [7, 11) is 1.42. The minimum Gasteiger partial charge on any atom is -0.481 e. The molecule has 0 fully saturated rings. The van der Waals surface area contributed by atoms with E-state index in [1.54, 1.807) is 37.3 Å². The Bertz CT molecular complexity index is 1270. The van der Waals surface area contributed by atoms with Crippen LogP contribution in [0.15, 0.2) is 36.4 Å². The van der Waals surface area contributed by atoms with Crippen molar-refractivity contribution in [1.29, 1.82) is 0 Å². The Balaban J connectivity index is 2.95. The monoisotopic (exact) mass is 684 g/mol. The van der Waals surface area contributed by atoms with E-state index in [2.05, 4.69) is 29.4 Å². The van der Waals surface area contributed by atoms with Crippen molar-refractivity contribution in [2.45, 2.75) is 122 Å². The Morgan fingerprint density at radius 3 is 2.14 bits per heavy atom. The standard InChI is InChI=1S/C38H56N2O9/c1-5-7-9-12-15-18-31(42)19-16-13-10-11-14-17-20-33(38(47,37(45)46)25-27-48-29(3)41)35(43)40-34(36(44)39-4)28-30-21-23-32(24-22-30)49-26-8-6-2/h17,20-24,33-34,47H,5,7,9-16,18-19,25-28H2,1-4H3,(H,39,44)(H,40,43)(H,45,46)/t33-,34+,38+/m1/s1. The van der Waals surface area contributed by atoms with Crippen molar-refractivity contribution in [2.24, 2.45) is 5.92 Å². The zero-order valence-electron chi connectivity index (χ0n) is 29.7. The molecule has 11 nitrogen and oxygen atoms in total. The van der Waals surface area contributed by atoms with Gasteiger partial charge in [-0.1, -0.05) is 75.7 Å². The molecule has 272 valence electrons. The second-order valence-electron chi connectivity index (χ2n) is 12.1. The van der Waals surface area contributed by atoms with E-state index in [9.17, 15) is 34.2 Å². The predicted molar refractivity (Wildman–Crippen MR) is 188 cm³/mol. The molecular weight excluding hydrogens is 628 g/mol. The smallest absolute Gasteiger partial charge is 0.336 e. The highest BCUT2D eigenvalue weighted by Crippen LogP contribution is 2.26. The fourth-order valence-corrected chi connectivity index (χ4v) is 5.22. The number of esters is 1. The van der Waals surface area contributed by atoms with Gasteiger partial charge in [-0.3, -0.25) is 19.2 Å². The molecule has 1 aromatic rings. The average molecular weight is 685 g/mol. The molecule has 11 heteroatoms. The van der Waals surface area contributed by atoms with Crippen LogP contribution < -0.4 is 15.4 Å². The number of benzene rings is 1. The molecule has 0 radical (unpaired) electrons. The number of Topliss-reactive ketones (excluding diaryl/α,β-unsaturated/α-hetero) is 1. The Kier molecular flexibility index (Phi) is 21.8. The first-order valence-electron chi connectivity index (χ1n) is 17.4. The van der Waals surface area contributed by atoms with Gasteiger partial charge in [-0.25, -0.2) is 4.79 Å². The maximum absolute atomic E-state index is 13.7. The maximum Gasteiger partial charge on any atom is 0.336 e. The number of aliphatic hydroxyl groups is 1. The summed E-state index contributed by atoms with van der Waals surface area (Å²) in [6.07, 6.45) is 13.1.